The van der Waals surface area contributed by atoms with Crippen LogP contribution in [0.4, 0.5) is 0 Å². The van der Waals surface area contributed by atoms with Crippen LogP contribution in [0.5, 0.6) is 0 Å². The van der Waals surface area contributed by atoms with Crippen LogP contribution in [0.15, 0.2) is 33.4 Å². The molecule has 0 atom stereocenters. The molecule has 0 radical (unpaired) electrons. The maximum absolute atomic E-state index is 12.0. The molecule has 1 aliphatic heterocycles. The van der Waals surface area contributed by atoms with E-state index in [1.165, 1.54) is 0 Å². The molecule has 3 heterocycles. The summed E-state index contributed by atoms with van der Waals surface area (Å²) in [5.41, 5.74) is 0.272. The fourth-order valence-electron chi connectivity index (χ4n) is 2.43. The molecule has 0 saturated carbocycles. The molecule has 1 fully saturated rings. The Labute approximate surface area is 122 Å². The Kier molecular flexibility index (Phi) is 4.35. The van der Waals surface area contributed by atoms with Gasteiger partial charge in [0.05, 0.1) is 6.26 Å². The van der Waals surface area contributed by atoms with Crippen LogP contribution in [-0.2, 0) is 4.74 Å². The second kappa shape index (κ2) is 6.58. The third-order valence-corrected chi connectivity index (χ3v) is 3.69. The van der Waals surface area contributed by atoms with Crippen LogP contribution in [0, 0.1) is 5.92 Å². The lowest BCUT2D eigenvalue weighted by Gasteiger charge is -2.21. The topological polar surface area (TPSA) is 77.5 Å². The van der Waals surface area contributed by atoms with Gasteiger partial charge in [-0.2, -0.15) is 0 Å². The Morgan fingerprint density at radius 1 is 1.33 bits per heavy atom. The Morgan fingerprint density at radius 3 is 2.95 bits per heavy atom. The van der Waals surface area contributed by atoms with Crippen LogP contribution < -0.4 is 5.32 Å². The number of amides is 1. The maximum Gasteiger partial charge on any atom is 0.273 e. The van der Waals surface area contributed by atoms with Gasteiger partial charge in [0, 0.05) is 25.8 Å². The van der Waals surface area contributed by atoms with Gasteiger partial charge >= 0.3 is 0 Å². The summed E-state index contributed by atoms with van der Waals surface area (Å²) in [6, 6.07) is 5.10. The Balaban J connectivity index is 1.49. The van der Waals surface area contributed by atoms with Gasteiger partial charge in [-0.15, -0.1) is 0 Å². The van der Waals surface area contributed by atoms with Crippen LogP contribution in [0.1, 0.15) is 29.8 Å². The largest absolute Gasteiger partial charge is 0.461 e. The number of carbonyl (C=O) groups is 1. The second-order valence-electron chi connectivity index (χ2n) is 5.15. The predicted octanol–water partition coefficient (Wildman–Crippen LogP) is 2.48. The summed E-state index contributed by atoms with van der Waals surface area (Å²) in [5.74, 6) is 1.43. The quantitative estimate of drug-likeness (QED) is 0.915. The van der Waals surface area contributed by atoms with E-state index >= 15 is 0 Å². The van der Waals surface area contributed by atoms with Crippen LogP contribution in [0.25, 0.3) is 11.5 Å². The van der Waals surface area contributed by atoms with Gasteiger partial charge in [-0.1, -0.05) is 5.16 Å². The first-order valence-corrected chi connectivity index (χ1v) is 7.19. The summed E-state index contributed by atoms with van der Waals surface area (Å²) in [6.07, 6.45) is 4.66. The normalized spacial score (nSPS) is 16.0. The number of aromatic nitrogens is 1. The SMILES string of the molecule is O=C(NCCC1CCOCC1)c1cc(-c2ccco2)on1. The molecule has 1 saturated heterocycles. The Morgan fingerprint density at radius 2 is 2.19 bits per heavy atom. The van der Waals surface area contributed by atoms with Gasteiger partial charge in [0.15, 0.2) is 11.5 Å². The number of rotatable bonds is 5. The molecule has 112 valence electrons. The van der Waals surface area contributed by atoms with Crippen molar-refractivity contribution < 1.29 is 18.5 Å². The van der Waals surface area contributed by atoms with E-state index in [2.05, 4.69) is 10.5 Å². The summed E-state index contributed by atoms with van der Waals surface area (Å²) < 4.78 is 15.6. The zero-order valence-electron chi connectivity index (χ0n) is 11.7. The minimum Gasteiger partial charge on any atom is -0.461 e. The highest BCUT2D eigenvalue weighted by molar-refractivity contribution is 5.92. The summed E-state index contributed by atoms with van der Waals surface area (Å²) in [5, 5.41) is 6.64. The molecule has 2 aromatic rings. The van der Waals surface area contributed by atoms with Crippen LogP contribution in [0.2, 0.25) is 0 Å². The van der Waals surface area contributed by atoms with E-state index in [9.17, 15) is 4.79 Å². The van der Waals surface area contributed by atoms with E-state index in [1.54, 1.807) is 24.5 Å². The van der Waals surface area contributed by atoms with Gasteiger partial charge in [-0.3, -0.25) is 4.79 Å². The third-order valence-electron chi connectivity index (χ3n) is 3.69. The van der Waals surface area contributed by atoms with Crippen molar-refractivity contribution >= 4 is 5.91 Å². The lowest BCUT2D eigenvalue weighted by molar-refractivity contribution is 0.0635. The van der Waals surface area contributed by atoms with Gasteiger partial charge in [0.25, 0.3) is 5.91 Å². The zero-order valence-corrected chi connectivity index (χ0v) is 11.7. The van der Waals surface area contributed by atoms with E-state index in [4.69, 9.17) is 13.7 Å². The second-order valence-corrected chi connectivity index (χ2v) is 5.15. The molecule has 1 N–H and O–H groups in total. The monoisotopic (exact) mass is 290 g/mol. The van der Waals surface area contributed by atoms with Gasteiger partial charge in [0.1, 0.15) is 0 Å². The van der Waals surface area contributed by atoms with Gasteiger partial charge in [-0.25, -0.2) is 0 Å². The first kappa shape index (κ1) is 13.9. The molecule has 6 heteroatoms. The van der Waals surface area contributed by atoms with Gasteiger partial charge in [-0.05, 0) is 37.3 Å². The molecule has 1 amide bonds. The summed E-state index contributed by atoms with van der Waals surface area (Å²) in [7, 11) is 0. The number of ether oxygens (including phenoxy) is 1. The van der Waals surface area contributed by atoms with Crippen molar-refractivity contribution in [2.45, 2.75) is 19.3 Å². The Hall–Kier alpha value is -2.08. The molecule has 0 aliphatic carbocycles. The molecule has 1 aliphatic rings. The van der Waals surface area contributed by atoms with E-state index < -0.39 is 0 Å². The van der Waals surface area contributed by atoms with Gasteiger partial charge < -0.3 is 19.0 Å². The fraction of sp³-hybridized carbons (Fsp3) is 0.467. The van der Waals surface area contributed by atoms with Crippen LogP contribution in [-0.4, -0.2) is 30.8 Å². The number of furan rings is 1. The molecule has 0 aromatic carbocycles. The molecule has 21 heavy (non-hydrogen) atoms. The van der Waals surface area contributed by atoms with Crippen LogP contribution >= 0.6 is 0 Å². The van der Waals surface area contributed by atoms with E-state index in [0.29, 0.717) is 24.0 Å². The standard InChI is InChI=1S/C15H18N2O4/c18-15(16-6-3-11-4-8-19-9-5-11)12-10-14(21-17-12)13-2-1-7-20-13/h1-2,7,10-11H,3-6,8-9H2,(H,16,18). The first-order chi connectivity index (χ1) is 10.3. The average molecular weight is 290 g/mol. The van der Waals surface area contributed by atoms with E-state index in [1.807, 2.05) is 0 Å². The zero-order chi connectivity index (χ0) is 14.5. The van der Waals surface area contributed by atoms with Crippen molar-refractivity contribution in [1.82, 2.24) is 10.5 Å². The highest BCUT2D eigenvalue weighted by Crippen LogP contribution is 2.20. The molecule has 2 aromatic heterocycles. The number of nitrogens with one attached hydrogen (secondary N) is 1. The predicted molar refractivity (Wildman–Crippen MR) is 74.7 cm³/mol. The summed E-state index contributed by atoms with van der Waals surface area (Å²) in [4.78, 5) is 12.0. The third kappa shape index (κ3) is 3.52. The van der Waals surface area contributed by atoms with Crippen molar-refractivity contribution in [2.24, 2.45) is 5.92 Å². The van der Waals surface area contributed by atoms with Crippen LogP contribution in [0.3, 0.4) is 0 Å². The number of nitrogens with zero attached hydrogens (tertiary/aromatic N) is 1. The maximum atomic E-state index is 12.0. The lowest BCUT2D eigenvalue weighted by atomic mass is 9.97. The summed E-state index contributed by atoms with van der Waals surface area (Å²) in [6.45, 7) is 2.30. The Bertz CT molecular complexity index is 570. The molecule has 0 unspecified atom stereocenters. The van der Waals surface area contributed by atoms with Crippen molar-refractivity contribution in [3.05, 3.63) is 30.2 Å². The number of hydrogen-bond acceptors (Lipinski definition) is 5. The highest BCUT2D eigenvalue weighted by atomic mass is 16.5. The molecule has 0 bridgehead atoms. The van der Waals surface area contributed by atoms with E-state index in [-0.39, 0.29) is 11.6 Å². The molecule has 3 rings (SSSR count). The van der Waals surface area contributed by atoms with Crippen molar-refractivity contribution in [2.75, 3.05) is 19.8 Å². The minimum atomic E-state index is -0.219. The highest BCUT2D eigenvalue weighted by Gasteiger charge is 2.17. The van der Waals surface area contributed by atoms with Crippen molar-refractivity contribution in [3.63, 3.8) is 0 Å². The smallest absolute Gasteiger partial charge is 0.273 e. The lowest BCUT2D eigenvalue weighted by Crippen LogP contribution is -2.27. The van der Waals surface area contributed by atoms with Crippen molar-refractivity contribution in [3.8, 4) is 11.5 Å². The average Bonchev–Trinajstić information content (AvgIpc) is 3.19. The fourth-order valence-corrected chi connectivity index (χ4v) is 2.43. The summed E-state index contributed by atoms with van der Waals surface area (Å²) >= 11 is 0. The number of carbonyl (C=O) groups excluding carboxylic acids is 1. The van der Waals surface area contributed by atoms with Crippen molar-refractivity contribution in [1.29, 1.82) is 0 Å². The molecular weight excluding hydrogens is 272 g/mol. The molecular formula is C15H18N2O4. The number of hydrogen-bond donors (Lipinski definition) is 1. The van der Waals surface area contributed by atoms with E-state index in [0.717, 1.165) is 32.5 Å². The molecule has 0 spiro atoms. The van der Waals surface area contributed by atoms with Gasteiger partial charge in [0.2, 0.25) is 5.76 Å². The minimum absolute atomic E-state index is 0.219. The molecule has 6 nitrogen and oxygen atoms in total. The first-order valence-electron chi connectivity index (χ1n) is 7.19.